The molecule has 0 fully saturated rings. The van der Waals surface area contributed by atoms with Gasteiger partial charge in [0, 0.05) is 23.9 Å². The molecule has 0 saturated heterocycles. The van der Waals surface area contributed by atoms with Crippen LogP contribution in [0.1, 0.15) is 6.92 Å². The smallest absolute Gasteiger partial charge is 0.161 e. The Morgan fingerprint density at radius 2 is 1.95 bits per heavy atom. The van der Waals surface area contributed by atoms with Crippen molar-refractivity contribution in [1.82, 2.24) is 4.98 Å². The van der Waals surface area contributed by atoms with Crippen molar-refractivity contribution in [1.29, 1.82) is 0 Å². The van der Waals surface area contributed by atoms with E-state index in [2.05, 4.69) is 4.98 Å². The molecule has 0 amide bonds. The van der Waals surface area contributed by atoms with E-state index in [0.717, 1.165) is 21.6 Å². The third-order valence-corrected chi connectivity index (χ3v) is 4.38. The summed E-state index contributed by atoms with van der Waals surface area (Å²) in [6.07, 6.45) is 1.79. The fourth-order valence-electron chi connectivity index (χ4n) is 1.86. The van der Waals surface area contributed by atoms with Crippen LogP contribution >= 0.6 is 11.8 Å². The Morgan fingerprint density at radius 1 is 1.25 bits per heavy atom. The quantitative estimate of drug-likeness (QED) is 0.830. The van der Waals surface area contributed by atoms with Crippen LogP contribution in [0, 0.1) is 5.92 Å². The standard InChI is InChI=1S/C15H19NO3S/c1-10(8-17)9-20-15-12-7-14(19-3)13(18-2)6-11(12)4-5-16-15/h4-7,10,17H,8-9H2,1-3H3. The zero-order valence-corrected chi connectivity index (χ0v) is 12.7. The Bertz CT molecular complexity index is 589. The Balaban J connectivity index is 2.40. The topological polar surface area (TPSA) is 51.6 Å². The molecule has 0 saturated carbocycles. The molecule has 0 spiro atoms. The molecule has 2 aromatic rings. The lowest BCUT2D eigenvalue weighted by atomic mass is 10.1. The highest BCUT2D eigenvalue weighted by Gasteiger charge is 2.11. The average Bonchev–Trinajstić information content (AvgIpc) is 2.50. The van der Waals surface area contributed by atoms with E-state index in [1.54, 1.807) is 32.2 Å². The van der Waals surface area contributed by atoms with Gasteiger partial charge in [0.05, 0.1) is 14.2 Å². The number of nitrogens with zero attached hydrogens (tertiary/aromatic N) is 1. The first-order valence-electron chi connectivity index (χ1n) is 6.44. The van der Waals surface area contributed by atoms with Gasteiger partial charge in [-0.3, -0.25) is 0 Å². The third kappa shape index (κ3) is 3.16. The van der Waals surface area contributed by atoms with Gasteiger partial charge >= 0.3 is 0 Å². The minimum atomic E-state index is 0.189. The maximum atomic E-state index is 9.11. The van der Waals surface area contributed by atoms with Gasteiger partial charge in [-0.15, -0.1) is 11.8 Å². The molecule has 1 unspecified atom stereocenters. The summed E-state index contributed by atoms with van der Waals surface area (Å²) in [4.78, 5) is 4.43. The van der Waals surface area contributed by atoms with E-state index >= 15 is 0 Å². The lowest BCUT2D eigenvalue weighted by Crippen LogP contribution is -2.03. The molecule has 0 radical (unpaired) electrons. The molecule has 1 aromatic carbocycles. The number of fused-ring (bicyclic) bond motifs is 1. The van der Waals surface area contributed by atoms with Gasteiger partial charge in [0.1, 0.15) is 5.03 Å². The molecule has 1 atom stereocenters. The molecule has 2 rings (SSSR count). The van der Waals surface area contributed by atoms with Crippen LogP contribution < -0.4 is 9.47 Å². The number of thioether (sulfide) groups is 1. The number of aliphatic hydroxyl groups is 1. The van der Waals surface area contributed by atoms with E-state index in [1.807, 2.05) is 25.1 Å². The van der Waals surface area contributed by atoms with Crippen molar-refractivity contribution in [2.45, 2.75) is 11.9 Å². The van der Waals surface area contributed by atoms with Gasteiger partial charge in [-0.2, -0.15) is 0 Å². The average molecular weight is 293 g/mol. The Labute approximate surface area is 123 Å². The molecule has 0 aliphatic rings. The number of methoxy groups -OCH3 is 2. The molecular weight excluding hydrogens is 274 g/mol. The van der Waals surface area contributed by atoms with Gasteiger partial charge in [0.2, 0.25) is 0 Å². The molecule has 5 heteroatoms. The van der Waals surface area contributed by atoms with Crippen LogP contribution in [0.4, 0.5) is 0 Å². The second kappa shape index (κ2) is 6.81. The highest BCUT2D eigenvalue weighted by atomic mass is 32.2. The normalized spacial score (nSPS) is 12.4. The van der Waals surface area contributed by atoms with E-state index in [0.29, 0.717) is 11.5 Å². The van der Waals surface area contributed by atoms with Crippen molar-refractivity contribution in [3.63, 3.8) is 0 Å². The molecule has 20 heavy (non-hydrogen) atoms. The minimum absolute atomic E-state index is 0.189. The van der Waals surface area contributed by atoms with Crippen molar-refractivity contribution in [2.24, 2.45) is 5.92 Å². The summed E-state index contributed by atoms with van der Waals surface area (Å²) in [6, 6.07) is 5.86. The summed E-state index contributed by atoms with van der Waals surface area (Å²) in [5.74, 6) is 2.49. The number of aliphatic hydroxyl groups excluding tert-OH is 1. The number of hydrogen-bond acceptors (Lipinski definition) is 5. The summed E-state index contributed by atoms with van der Waals surface area (Å²) in [5.41, 5.74) is 0. The van der Waals surface area contributed by atoms with Gasteiger partial charge in [0.25, 0.3) is 0 Å². The Hall–Kier alpha value is -1.46. The molecule has 1 aromatic heterocycles. The van der Waals surface area contributed by atoms with E-state index in [4.69, 9.17) is 14.6 Å². The lowest BCUT2D eigenvalue weighted by molar-refractivity contribution is 0.250. The number of aromatic nitrogens is 1. The van der Waals surface area contributed by atoms with Crippen molar-refractivity contribution in [3.05, 3.63) is 24.4 Å². The zero-order valence-electron chi connectivity index (χ0n) is 11.9. The van der Waals surface area contributed by atoms with Gasteiger partial charge in [-0.1, -0.05) is 6.92 Å². The van der Waals surface area contributed by atoms with Crippen LogP contribution in [0.2, 0.25) is 0 Å². The SMILES string of the molecule is COc1cc2ccnc(SCC(C)CO)c2cc1OC. The number of ether oxygens (including phenoxy) is 2. The van der Waals surface area contributed by atoms with Crippen molar-refractivity contribution in [2.75, 3.05) is 26.6 Å². The highest BCUT2D eigenvalue weighted by molar-refractivity contribution is 7.99. The predicted molar refractivity (Wildman–Crippen MR) is 81.8 cm³/mol. The van der Waals surface area contributed by atoms with Crippen molar-refractivity contribution in [3.8, 4) is 11.5 Å². The number of benzene rings is 1. The van der Waals surface area contributed by atoms with Crippen LogP contribution in [0.25, 0.3) is 10.8 Å². The van der Waals surface area contributed by atoms with E-state index in [9.17, 15) is 0 Å². The Kier molecular flexibility index (Phi) is 5.09. The number of hydrogen-bond donors (Lipinski definition) is 1. The monoisotopic (exact) mass is 293 g/mol. The van der Waals surface area contributed by atoms with E-state index in [-0.39, 0.29) is 12.5 Å². The number of pyridine rings is 1. The van der Waals surface area contributed by atoms with Crippen molar-refractivity contribution >= 4 is 22.5 Å². The second-order valence-electron chi connectivity index (χ2n) is 4.64. The summed E-state index contributed by atoms with van der Waals surface area (Å²) < 4.78 is 10.7. The summed E-state index contributed by atoms with van der Waals surface area (Å²) >= 11 is 1.65. The van der Waals surface area contributed by atoms with Crippen LogP contribution in [0.15, 0.2) is 29.4 Å². The first-order chi connectivity index (χ1) is 9.69. The molecule has 1 heterocycles. The third-order valence-electron chi connectivity index (χ3n) is 3.05. The summed E-state index contributed by atoms with van der Waals surface area (Å²) in [7, 11) is 3.25. The molecule has 0 bridgehead atoms. The highest BCUT2D eigenvalue weighted by Crippen LogP contribution is 2.35. The molecule has 108 valence electrons. The maximum absolute atomic E-state index is 9.11. The van der Waals surface area contributed by atoms with E-state index < -0.39 is 0 Å². The minimum Gasteiger partial charge on any atom is -0.493 e. The molecule has 0 aliphatic heterocycles. The van der Waals surface area contributed by atoms with Gasteiger partial charge in [0.15, 0.2) is 11.5 Å². The van der Waals surface area contributed by atoms with Crippen molar-refractivity contribution < 1.29 is 14.6 Å². The Morgan fingerprint density at radius 3 is 2.60 bits per heavy atom. The summed E-state index contributed by atoms with van der Waals surface area (Å²) in [5, 5.41) is 12.2. The van der Waals surface area contributed by atoms with Crippen LogP contribution in [-0.2, 0) is 0 Å². The first kappa shape index (κ1) is 14.9. The molecule has 4 nitrogen and oxygen atoms in total. The maximum Gasteiger partial charge on any atom is 0.161 e. The molecule has 1 N–H and O–H groups in total. The predicted octanol–water partition coefficient (Wildman–Crippen LogP) is 2.97. The molecular formula is C15H19NO3S. The second-order valence-corrected chi connectivity index (χ2v) is 5.65. The van der Waals surface area contributed by atoms with Crippen LogP contribution in [0.3, 0.4) is 0 Å². The van der Waals surface area contributed by atoms with Gasteiger partial charge in [-0.25, -0.2) is 4.98 Å². The summed E-state index contributed by atoms with van der Waals surface area (Å²) in [6.45, 7) is 2.21. The first-order valence-corrected chi connectivity index (χ1v) is 7.42. The fourth-order valence-corrected chi connectivity index (χ4v) is 2.88. The van der Waals surface area contributed by atoms with Gasteiger partial charge < -0.3 is 14.6 Å². The van der Waals surface area contributed by atoms with Crippen LogP contribution in [0.5, 0.6) is 11.5 Å². The van der Waals surface area contributed by atoms with Crippen LogP contribution in [-0.4, -0.2) is 36.7 Å². The number of rotatable bonds is 6. The lowest BCUT2D eigenvalue weighted by Gasteiger charge is -2.12. The zero-order chi connectivity index (χ0) is 14.5. The molecule has 0 aliphatic carbocycles. The van der Waals surface area contributed by atoms with Gasteiger partial charge in [-0.05, 0) is 29.5 Å². The van der Waals surface area contributed by atoms with E-state index in [1.165, 1.54) is 0 Å². The fraction of sp³-hybridized carbons (Fsp3) is 0.400. The largest absolute Gasteiger partial charge is 0.493 e.